The second-order valence-electron chi connectivity index (χ2n) is 2.63. The zero-order valence-corrected chi connectivity index (χ0v) is 8.48. The fraction of sp³-hybridized carbons (Fsp3) is 0.375. The second kappa shape index (κ2) is 3.67. The molecule has 1 aromatic heterocycles. The molecule has 5 heteroatoms. The average molecular weight is 252 g/mol. The summed E-state index contributed by atoms with van der Waals surface area (Å²) in [7, 11) is 0. The lowest BCUT2D eigenvalue weighted by atomic mass is 10.2. The number of alkyl halides is 2. The normalized spacial score (nSPS) is 11.8. The van der Waals surface area contributed by atoms with Crippen molar-refractivity contribution in [2.24, 2.45) is 0 Å². The molecule has 0 atom stereocenters. The lowest BCUT2D eigenvalue weighted by molar-refractivity contribution is -0.0593. The van der Waals surface area contributed by atoms with E-state index in [-0.39, 0.29) is 0 Å². The zero-order valence-electron chi connectivity index (χ0n) is 6.89. The summed E-state index contributed by atoms with van der Waals surface area (Å²) in [6.07, 6.45) is 0. The number of nitrogens with zero attached hydrogens (tertiary/aromatic N) is 1. The maximum atomic E-state index is 12.9. The highest BCUT2D eigenvalue weighted by atomic mass is 79.9. The van der Waals surface area contributed by atoms with Crippen molar-refractivity contribution in [2.75, 3.05) is 6.61 Å². The Hall–Kier alpha value is -0.550. The van der Waals surface area contributed by atoms with Gasteiger partial charge in [0.05, 0.1) is 5.69 Å². The van der Waals surface area contributed by atoms with Crippen LogP contribution in [0.3, 0.4) is 0 Å². The summed E-state index contributed by atoms with van der Waals surface area (Å²) < 4.78 is 26.4. The molecule has 0 aliphatic heterocycles. The fourth-order valence-corrected chi connectivity index (χ4v) is 1.05. The van der Waals surface area contributed by atoms with Gasteiger partial charge in [-0.25, -0.2) is 0 Å². The number of hydrogen-bond donors (Lipinski definition) is 1. The van der Waals surface area contributed by atoms with Crippen LogP contribution in [0, 0.1) is 6.92 Å². The number of aliphatic hydroxyl groups excluding tert-OH is 1. The van der Waals surface area contributed by atoms with E-state index in [4.69, 9.17) is 5.11 Å². The highest BCUT2D eigenvalue weighted by molar-refractivity contribution is 9.10. The molecule has 2 nitrogen and oxygen atoms in total. The van der Waals surface area contributed by atoms with E-state index in [9.17, 15) is 8.78 Å². The van der Waals surface area contributed by atoms with E-state index in [2.05, 4.69) is 20.9 Å². The minimum absolute atomic E-state index is 0.407. The third-order valence-corrected chi connectivity index (χ3v) is 2.43. The summed E-state index contributed by atoms with van der Waals surface area (Å²) >= 11 is 3.15. The van der Waals surface area contributed by atoms with Gasteiger partial charge in [-0.2, -0.15) is 8.78 Å². The van der Waals surface area contributed by atoms with Crippen LogP contribution in [0.1, 0.15) is 11.4 Å². The van der Waals surface area contributed by atoms with E-state index >= 15 is 0 Å². The molecule has 1 aromatic rings. The molecule has 1 N–H and O–H groups in total. The van der Waals surface area contributed by atoms with Crippen molar-refractivity contribution in [3.63, 3.8) is 0 Å². The van der Waals surface area contributed by atoms with E-state index in [0.717, 1.165) is 0 Å². The summed E-state index contributed by atoms with van der Waals surface area (Å²) in [5.74, 6) is -3.26. The van der Waals surface area contributed by atoms with Gasteiger partial charge in [0.2, 0.25) is 0 Å². The van der Waals surface area contributed by atoms with Crippen LogP contribution in [0.5, 0.6) is 0 Å². The lowest BCUT2D eigenvalue weighted by Crippen LogP contribution is -2.20. The van der Waals surface area contributed by atoms with Gasteiger partial charge in [-0.3, -0.25) is 4.98 Å². The maximum Gasteiger partial charge on any atom is 0.312 e. The molecule has 0 fully saturated rings. The zero-order chi connectivity index (χ0) is 10.1. The Morgan fingerprint density at radius 3 is 2.62 bits per heavy atom. The molecule has 72 valence electrons. The molecule has 0 aliphatic carbocycles. The second-order valence-corrected chi connectivity index (χ2v) is 3.48. The van der Waals surface area contributed by atoms with E-state index in [1.165, 1.54) is 12.1 Å². The standard InChI is InChI=1S/C8H8BrF2NO/c1-5-6(9)2-3-7(12-5)8(10,11)4-13/h2-3,13H,4H2,1H3. The van der Waals surface area contributed by atoms with E-state index in [1.807, 2.05) is 0 Å². The highest BCUT2D eigenvalue weighted by Crippen LogP contribution is 2.27. The van der Waals surface area contributed by atoms with Crippen molar-refractivity contribution in [3.05, 3.63) is 28.0 Å². The molecule has 0 aliphatic rings. The largest absolute Gasteiger partial charge is 0.390 e. The molecule has 0 saturated heterocycles. The number of rotatable bonds is 2. The lowest BCUT2D eigenvalue weighted by Gasteiger charge is -2.12. The first-order valence-corrected chi connectivity index (χ1v) is 4.39. The first-order chi connectivity index (χ1) is 5.97. The first-order valence-electron chi connectivity index (χ1n) is 3.59. The van der Waals surface area contributed by atoms with Crippen molar-refractivity contribution in [1.82, 2.24) is 4.98 Å². The van der Waals surface area contributed by atoms with Gasteiger partial charge in [0, 0.05) is 4.47 Å². The minimum atomic E-state index is -3.26. The molecule has 0 bridgehead atoms. The van der Waals surface area contributed by atoms with Gasteiger partial charge in [0.15, 0.2) is 0 Å². The predicted molar refractivity (Wildman–Crippen MR) is 47.7 cm³/mol. The molecular formula is C8H8BrF2NO. The van der Waals surface area contributed by atoms with Crippen molar-refractivity contribution >= 4 is 15.9 Å². The monoisotopic (exact) mass is 251 g/mol. The van der Waals surface area contributed by atoms with Crippen LogP contribution in [0.4, 0.5) is 8.78 Å². The van der Waals surface area contributed by atoms with Gasteiger partial charge in [-0.1, -0.05) is 0 Å². The van der Waals surface area contributed by atoms with Gasteiger partial charge in [0.25, 0.3) is 0 Å². The van der Waals surface area contributed by atoms with E-state index in [1.54, 1.807) is 6.92 Å². The molecule has 0 radical (unpaired) electrons. The first kappa shape index (κ1) is 10.5. The molecule has 1 rings (SSSR count). The van der Waals surface area contributed by atoms with Crippen LogP contribution < -0.4 is 0 Å². The van der Waals surface area contributed by atoms with Crippen molar-refractivity contribution < 1.29 is 13.9 Å². The quantitative estimate of drug-likeness (QED) is 0.875. The summed E-state index contributed by atoms with van der Waals surface area (Å²) in [5, 5.41) is 8.41. The molecule has 13 heavy (non-hydrogen) atoms. The third-order valence-electron chi connectivity index (χ3n) is 1.59. The minimum Gasteiger partial charge on any atom is -0.390 e. The molecule has 0 spiro atoms. The highest BCUT2D eigenvalue weighted by Gasteiger charge is 2.32. The fourth-order valence-electron chi connectivity index (χ4n) is 0.829. The van der Waals surface area contributed by atoms with Gasteiger partial charge in [-0.05, 0) is 35.0 Å². The van der Waals surface area contributed by atoms with Gasteiger partial charge < -0.3 is 5.11 Å². The Bertz CT molecular complexity index is 317. The Morgan fingerprint density at radius 2 is 2.15 bits per heavy atom. The number of aliphatic hydroxyl groups is 1. The van der Waals surface area contributed by atoms with Crippen molar-refractivity contribution in [2.45, 2.75) is 12.8 Å². The average Bonchev–Trinajstić information content (AvgIpc) is 2.09. The van der Waals surface area contributed by atoms with Crippen LogP contribution in [-0.4, -0.2) is 16.7 Å². The van der Waals surface area contributed by atoms with Crippen LogP contribution in [-0.2, 0) is 5.92 Å². The van der Waals surface area contributed by atoms with Gasteiger partial charge >= 0.3 is 5.92 Å². The molecular weight excluding hydrogens is 244 g/mol. The van der Waals surface area contributed by atoms with E-state index < -0.39 is 18.2 Å². The number of hydrogen-bond acceptors (Lipinski definition) is 2. The predicted octanol–water partition coefficient (Wildman–Crippen LogP) is 2.24. The van der Waals surface area contributed by atoms with Crippen LogP contribution >= 0.6 is 15.9 Å². The molecule has 0 saturated carbocycles. The Kier molecular flexibility index (Phi) is 2.98. The van der Waals surface area contributed by atoms with E-state index in [0.29, 0.717) is 10.2 Å². The SMILES string of the molecule is Cc1nc(C(F)(F)CO)ccc1Br. The van der Waals surface area contributed by atoms with Crippen molar-refractivity contribution in [1.29, 1.82) is 0 Å². The summed E-state index contributed by atoms with van der Waals surface area (Å²) in [6.45, 7) is 0.391. The van der Waals surface area contributed by atoms with Crippen LogP contribution in [0.15, 0.2) is 16.6 Å². The number of halogens is 3. The van der Waals surface area contributed by atoms with Gasteiger partial charge in [0.1, 0.15) is 12.3 Å². The van der Waals surface area contributed by atoms with Gasteiger partial charge in [-0.15, -0.1) is 0 Å². The summed E-state index contributed by atoms with van der Waals surface area (Å²) in [5.41, 5.74) is 0.0707. The molecule has 1 heterocycles. The maximum absolute atomic E-state index is 12.9. The number of pyridine rings is 1. The summed E-state index contributed by atoms with van der Waals surface area (Å²) in [6, 6.07) is 2.68. The van der Waals surface area contributed by atoms with Crippen molar-refractivity contribution in [3.8, 4) is 0 Å². The smallest absolute Gasteiger partial charge is 0.312 e. The third kappa shape index (κ3) is 2.22. The Balaban J connectivity index is 3.10. The number of aromatic nitrogens is 1. The Labute approximate surface area is 82.7 Å². The molecule has 0 aromatic carbocycles. The topological polar surface area (TPSA) is 33.1 Å². The summed E-state index contributed by atoms with van der Waals surface area (Å²) in [4.78, 5) is 3.66. The van der Waals surface area contributed by atoms with Crippen LogP contribution in [0.2, 0.25) is 0 Å². The number of aryl methyl sites for hydroxylation is 1. The molecule has 0 amide bonds. The molecule has 0 unspecified atom stereocenters. The Morgan fingerprint density at radius 1 is 1.54 bits per heavy atom. The van der Waals surface area contributed by atoms with Crippen LogP contribution in [0.25, 0.3) is 0 Å².